The normalized spacial score (nSPS) is 38.4. The number of carbonyl (C=O) groups is 2. The molecule has 2 aliphatic carbocycles. The second-order valence-corrected chi connectivity index (χ2v) is 11.1. The first-order chi connectivity index (χ1) is 15.4. The summed E-state index contributed by atoms with van der Waals surface area (Å²) in [6, 6.07) is 0. The van der Waals surface area contributed by atoms with E-state index in [9.17, 15) is 19.8 Å². The van der Waals surface area contributed by atoms with Crippen LogP contribution >= 0.6 is 0 Å². The molecule has 8 atom stereocenters. The predicted molar refractivity (Wildman–Crippen MR) is 115 cm³/mol. The first kappa shape index (κ1) is 24.9. The van der Waals surface area contributed by atoms with E-state index in [1.807, 2.05) is 0 Å². The van der Waals surface area contributed by atoms with Gasteiger partial charge < -0.3 is 33.9 Å². The maximum Gasteiger partial charge on any atom is 0.309 e. The predicted octanol–water partition coefficient (Wildman–Crippen LogP) is 1.22. The number of carbonyl (C=O) groups excluding carboxylic acids is 2. The number of hydrogen-bond donors (Lipinski definition) is 2. The van der Waals surface area contributed by atoms with Crippen LogP contribution < -0.4 is 0 Å². The highest BCUT2D eigenvalue weighted by atomic mass is 16.6. The van der Waals surface area contributed by atoms with Crippen LogP contribution in [0.15, 0.2) is 0 Å². The summed E-state index contributed by atoms with van der Waals surface area (Å²) in [4.78, 5) is 24.2. The molecular formula is C24H38O9. The van der Waals surface area contributed by atoms with Crippen molar-refractivity contribution in [3.63, 3.8) is 0 Å². The van der Waals surface area contributed by atoms with Gasteiger partial charge >= 0.3 is 11.9 Å². The Morgan fingerprint density at radius 3 is 1.48 bits per heavy atom. The third-order valence-corrected chi connectivity index (χ3v) is 7.82. The first-order valence-electron chi connectivity index (χ1n) is 12.1. The number of ether oxygens (including phenoxy) is 5. The molecule has 4 fully saturated rings. The zero-order valence-corrected chi connectivity index (χ0v) is 20.0. The number of rotatable bonds is 10. The highest BCUT2D eigenvalue weighted by molar-refractivity contribution is 5.76. The van der Waals surface area contributed by atoms with E-state index in [4.69, 9.17) is 23.7 Å². The van der Waals surface area contributed by atoms with E-state index in [0.29, 0.717) is 52.1 Å². The lowest BCUT2D eigenvalue weighted by Gasteiger charge is -2.38. The summed E-state index contributed by atoms with van der Waals surface area (Å²) in [5, 5.41) is 20.9. The largest absolute Gasteiger partial charge is 0.459 e. The van der Waals surface area contributed by atoms with Crippen LogP contribution in [-0.4, -0.2) is 84.2 Å². The third kappa shape index (κ3) is 5.37. The Hall–Kier alpha value is -1.26. The Labute approximate surface area is 195 Å². The SMILES string of the molecule is CC(C)(O)C1CC(OCCOCCOC2CC(C(C)(C)O)C3CC2OC3=O)C2CC1C(=O)O2. The lowest BCUT2D eigenvalue weighted by atomic mass is 9.71. The monoisotopic (exact) mass is 470 g/mol. The Morgan fingerprint density at radius 1 is 0.727 bits per heavy atom. The van der Waals surface area contributed by atoms with Crippen molar-refractivity contribution in [3.05, 3.63) is 0 Å². The molecule has 0 aromatic carbocycles. The average molecular weight is 471 g/mol. The second kappa shape index (κ2) is 9.41. The van der Waals surface area contributed by atoms with Crippen molar-refractivity contribution in [1.29, 1.82) is 0 Å². The summed E-state index contributed by atoms with van der Waals surface area (Å²) in [6.07, 6.45) is 1.36. The maximum absolute atomic E-state index is 12.1. The summed E-state index contributed by atoms with van der Waals surface area (Å²) in [7, 11) is 0. The number of aliphatic hydroxyl groups is 2. The van der Waals surface area contributed by atoms with Gasteiger partial charge in [-0.2, -0.15) is 0 Å². The molecule has 4 rings (SSSR count). The van der Waals surface area contributed by atoms with E-state index in [-0.39, 0.29) is 60.0 Å². The van der Waals surface area contributed by atoms with Crippen molar-refractivity contribution < 1.29 is 43.5 Å². The van der Waals surface area contributed by atoms with E-state index in [0.717, 1.165) is 0 Å². The molecule has 0 aromatic heterocycles. The van der Waals surface area contributed by atoms with Crippen LogP contribution in [0.2, 0.25) is 0 Å². The number of hydrogen-bond acceptors (Lipinski definition) is 9. The van der Waals surface area contributed by atoms with Crippen LogP contribution in [0.5, 0.6) is 0 Å². The average Bonchev–Trinajstić information content (AvgIpc) is 3.19. The van der Waals surface area contributed by atoms with Crippen LogP contribution in [0.25, 0.3) is 0 Å². The molecule has 0 amide bonds. The van der Waals surface area contributed by atoms with Gasteiger partial charge in [0, 0.05) is 24.7 Å². The number of fused-ring (bicyclic) bond motifs is 4. The molecular weight excluding hydrogens is 432 g/mol. The Balaban J connectivity index is 1.15. The van der Waals surface area contributed by atoms with Crippen LogP contribution in [0.4, 0.5) is 0 Å². The van der Waals surface area contributed by atoms with Crippen LogP contribution in [0.1, 0.15) is 53.4 Å². The van der Waals surface area contributed by atoms with Crippen molar-refractivity contribution in [2.75, 3.05) is 26.4 Å². The summed E-state index contributed by atoms with van der Waals surface area (Å²) in [6.45, 7) is 8.36. The molecule has 2 heterocycles. The molecule has 0 radical (unpaired) electrons. The molecule has 4 bridgehead atoms. The number of esters is 2. The van der Waals surface area contributed by atoms with Crippen molar-refractivity contribution in [2.45, 2.75) is 89.0 Å². The zero-order chi connectivity index (χ0) is 24.0. The van der Waals surface area contributed by atoms with Crippen LogP contribution in [0, 0.1) is 23.7 Å². The van der Waals surface area contributed by atoms with E-state index in [1.54, 1.807) is 27.7 Å². The van der Waals surface area contributed by atoms with Crippen molar-refractivity contribution in [1.82, 2.24) is 0 Å². The zero-order valence-electron chi connectivity index (χ0n) is 20.0. The summed E-state index contributed by atoms with van der Waals surface area (Å²) < 4.78 is 28.5. The van der Waals surface area contributed by atoms with Gasteiger partial charge in [0.25, 0.3) is 0 Å². The highest BCUT2D eigenvalue weighted by Crippen LogP contribution is 2.45. The maximum atomic E-state index is 12.1. The quantitative estimate of drug-likeness (QED) is 0.359. The van der Waals surface area contributed by atoms with Gasteiger partial charge in [0.05, 0.1) is 61.7 Å². The van der Waals surface area contributed by atoms with E-state index < -0.39 is 11.2 Å². The third-order valence-electron chi connectivity index (χ3n) is 7.82. The van der Waals surface area contributed by atoms with Gasteiger partial charge in [-0.3, -0.25) is 9.59 Å². The van der Waals surface area contributed by atoms with Gasteiger partial charge in [-0.25, -0.2) is 0 Å². The van der Waals surface area contributed by atoms with Crippen molar-refractivity contribution in [3.8, 4) is 0 Å². The summed E-state index contributed by atoms with van der Waals surface area (Å²) >= 11 is 0. The molecule has 2 saturated carbocycles. The lowest BCUT2D eigenvalue weighted by molar-refractivity contribution is -0.148. The van der Waals surface area contributed by atoms with E-state index in [2.05, 4.69) is 0 Å². The van der Waals surface area contributed by atoms with Gasteiger partial charge in [-0.15, -0.1) is 0 Å². The van der Waals surface area contributed by atoms with Crippen molar-refractivity contribution in [2.24, 2.45) is 23.7 Å². The van der Waals surface area contributed by atoms with E-state index >= 15 is 0 Å². The van der Waals surface area contributed by atoms with Gasteiger partial charge in [-0.1, -0.05) is 0 Å². The fourth-order valence-electron chi connectivity index (χ4n) is 6.04. The smallest absolute Gasteiger partial charge is 0.309 e. The lowest BCUT2D eigenvalue weighted by Crippen LogP contribution is -2.45. The molecule has 8 unspecified atom stereocenters. The molecule has 4 aliphatic rings. The minimum atomic E-state index is -0.967. The minimum Gasteiger partial charge on any atom is -0.459 e. The van der Waals surface area contributed by atoms with Crippen molar-refractivity contribution >= 4 is 11.9 Å². The fourth-order valence-corrected chi connectivity index (χ4v) is 6.04. The first-order valence-corrected chi connectivity index (χ1v) is 12.1. The molecule has 33 heavy (non-hydrogen) atoms. The molecule has 2 aliphatic heterocycles. The Morgan fingerprint density at radius 2 is 1.12 bits per heavy atom. The molecule has 0 spiro atoms. The van der Waals surface area contributed by atoms with Gasteiger partial charge in [0.1, 0.15) is 12.2 Å². The summed E-state index contributed by atoms with van der Waals surface area (Å²) in [5.74, 6) is -1.35. The standard InChI is InChI=1S/C24H38O9/c1-23(2,27)15-11-17(19-9-13(15)21(25)32-19)30-7-5-29-6-8-31-18-12-16(24(3,4)28)14-10-20(18)33-22(14)26/h13-20,27-28H,5-12H2,1-4H3. The van der Waals surface area contributed by atoms with Gasteiger partial charge in [0.15, 0.2) is 0 Å². The minimum absolute atomic E-state index is 0.185. The molecule has 2 saturated heterocycles. The molecule has 188 valence electrons. The highest BCUT2D eigenvalue weighted by Gasteiger charge is 2.54. The fraction of sp³-hybridized carbons (Fsp3) is 0.917. The Kier molecular flexibility index (Phi) is 7.09. The second-order valence-electron chi connectivity index (χ2n) is 11.1. The van der Waals surface area contributed by atoms with Crippen LogP contribution in [-0.2, 0) is 33.3 Å². The molecule has 9 heteroatoms. The topological polar surface area (TPSA) is 121 Å². The van der Waals surface area contributed by atoms with Gasteiger partial charge in [0.2, 0.25) is 0 Å². The Bertz CT molecular complexity index is 664. The van der Waals surface area contributed by atoms with Crippen LogP contribution in [0.3, 0.4) is 0 Å². The van der Waals surface area contributed by atoms with Gasteiger partial charge in [-0.05, 0) is 40.5 Å². The van der Waals surface area contributed by atoms with E-state index in [1.165, 1.54) is 0 Å². The molecule has 2 N–H and O–H groups in total. The summed E-state index contributed by atoms with van der Waals surface area (Å²) in [5.41, 5.74) is -1.93. The molecule has 0 aromatic rings. The molecule has 9 nitrogen and oxygen atoms in total.